The highest BCUT2D eigenvalue weighted by Gasteiger charge is 2.23. The van der Waals surface area contributed by atoms with E-state index in [1.165, 1.54) is 18.6 Å². The summed E-state index contributed by atoms with van der Waals surface area (Å²) in [5.41, 5.74) is 0.392. The summed E-state index contributed by atoms with van der Waals surface area (Å²) in [5, 5.41) is 3.26. The molecule has 0 amide bonds. The van der Waals surface area contributed by atoms with Gasteiger partial charge in [-0.15, -0.1) is 0 Å². The average molecular weight is 309 g/mol. The molecule has 1 fully saturated rings. The fourth-order valence-electron chi connectivity index (χ4n) is 3.21. The number of likely N-dealkylation sites (tertiary alicyclic amines) is 1. The first kappa shape index (κ1) is 16.7. The Labute approximate surface area is 131 Å². The topological polar surface area (TPSA) is 27.6 Å². The van der Waals surface area contributed by atoms with Gasteiger partial charge in [-0.1, -0.05) is 13.8 Å². The zero-order valence-corrected chi connectivity index (χ0v) is 13.6. The average Bonchev–Trinajstić information content (AvgIpc) is 2.46. The molecule has 1 aromatic rings. The minimum absolute atomic E-state index is 0.363. The van der Waals surface area contributed by atoms with E-state index in [1.807, 2.05) is 0 Å². The summed E-state index contributed by atoms with van der Waals surface area (Å²) in [6.07, 6.45) is 1.67. The number of aliphatic imine (C=N–C) groups is 1. The molecule has 1 aromatic carbocycles. The minimum Gasteiger partial charge on any atom is -0.356 e. The van der Waals surface area contributed by atoms with Crippen LogP contribution in [0.25, 0.3) is 0 Å². The maximum atomic E-state index is 13.6. The summed E-state index contributed by atoms with van der Waals surface area (Å²) in [6, 6.07) is 3.57. The van der Waals surface area contributed by atoms with Crippen molar-refractivity contribution < 1.29 is 8.78 Å². The van der Waals surface area contributed by atoms with Gasteiger partial charge in [-0.2, -0.15) is 0 Å². The Morgan fingerprint density at radius 2 is 1.95 bits per heavy atom. The van der Waals surface area contributed by atoms with Crippen molar-refractivity contribution >= 4 is 5.96 Å². The zero-order valence-electron chi connectivity index (χ0n) is 13.6. The molecule has 1 heterocycles. The van der Waals surface area contributed by atoms with Gasteiger partial charge in [0.15, 0.2) is 5.96 Å². The first-order chi connectivity index (χ1) is 10.5. The number of nitrogens with one attached hydrogen (secondary N) is 1. The van der Waals surface area contributed by atoms with Crippen molar-refractivity contribution in [1.29, 1.82) is 0 Å². The fraction of sp³-hybridized carbons (Fsp3) is 0.588. The third-order valence-corrected chi connectivity index (χ3v) is 4.07. The van der Waals surface area contributed by atoms with Gasteiger partial charge in [-0.3, -0.25) is 4.99 Å². The highest BCUT2D eigenvalue weighted by molar-refractivity contribution is 5.80. The van der Waals surface area contributed by atoms with Crippen LogP contribution in [0.1, 0.15) is 25.8 Å². The second-order valence-corrected chi connectivity index (χ2v) is 6.31. The van der Waals surface area contributed by atoms with Crippen molar-refractivity contribution in [3.8, 4) is 0 Å². The largest absolute Gasteiger partial charge is 0.356 e. The van der Waals surface area contributed by atoms with Gasteiger partial charge in [0.05, 0.1) is 0 Å². The molecule has 1 aliphatic rings. The minimum atomic E-state index is -0.403. The maximum absolute atomic E-state index is 13.6. The highest BCUT2D eigenvalue weighted by atomic mass is 19.1. The summed E-state index contributed by atoms with van der Waals surface area (Å²) in [5.74, 6) is 1.36. The van der Waals surface area contributed by atoms with E-state index in [0.29, 0.717) is 30.4 Å². The third kappa shape index (κ3) is 4.42. The van der Waals surface area contributed by atoms with Crippen molar-refractivity contribution in [1.82, 2.24) is 10.2 Å². The molecule has 2 unspecified atom stereocenters. The molecule has 0 radical (unpaired) electrons. The molecule has 0 saturated carbocycles. The van der Waals surface area contributed by atoms with Gasteiger partial charge in [-0.05, 0) is 48.4 Å². The van der Waals surface area contributed by atoms with Crippen molar-refractivity contribution in [2.24, 2.45) is 16.8 Å². The zero-order chi connectivity index (χ0) is 16.1. The molecule has 122 valence electrons. The van der Waals surface area contributed by atoms with Gasteiger partial charge < -0.3 is 10.2 Å². The van der Waals surface area contributed by atoms with Crippen LogP contribution in [-0.4, -0.2) is 37.5 Å². The molecule has 1 N–H and O–H groups in total. The Kier molecular flexibility index (Phi) is 5.75. The van der Waals surface area contributed by atoms with Crippen LogP contribution >= 0.6 is 0 Å². The lowest BCUT2D eigenvalue weighted by atomic mass is 9.92. The predicted molar refractivity (Wildman–Crippen MR) is 85.9 cm³/mol. The summed E-state index contributed by atoms with van der Waals surface area (Å²) in [6.45, 7) is 7.00. The van der Waals surface area contributed by atoms with E-state index in [9.17, 15) is 8.78 Å². The lowest BCUT2D eigenvalue weighted by Gasteiger charge is -2.37. The molecule has 2 atom stereocenters. The molecule has 0 aliphatic carbocycles. The lowest BCUT2D eigenvalue weighted by molar-refractivity contribution is 0.208. The Hall–Kier alpha value is -1.65. The van der Waals surface area contributed by atoms with Gasteiger partial charge in [0, 0.05) is 26.7 Å². The monoisotopic (exact) mass is 309 g/mol. The number of halogens is 2. The van der Waals surface area contributed by atoms with E-state index >= 15 is 0 Å². The summed E-state index contributed by atoms with van der Waals surface area (Å²) in [4.78, 5) is 6.57. The van der Waals surface area contributed by atoms with Crippen molar-refractivity contribution in [2.45, 2.75) is 26.7 Å². The van der Waals surface area contributed by atoms with Gasteiger partial charge in [-0.25, -0.2) is 8.78 Å². The van der Waals surface area contributed by atoms with Crippen LogP contribution in [0, 0.1) is 23.5 Å². The van der Waals surface area contributed by atoms with Crippen LogP contribution < -0.4 is 5.32 Å². The normalized spacial score (nSPS) is 22.8. The molecular weight excluding hydrogens is 284 g/mol. The molecule has 2 rings (SSSR count). The first-order valence-corrected chi connectivity index (χ1v) is 7.89. The standard InChI is InChI=1S/C17H25F2N3/c1-12-8-13(2)11-22(10-12)17(20-3)21-7-6-14-9-15(18)4-5-16(14)19/h4-5,9,12-13H,6-8,10-11H2,1-3H3,(H,20,21). The molecule has 22 heavy (non-hydrogen) atoms. The number of hydrogen-bond donors (Lipinski definition) is 1. The van der Waals surface area contributed by atoms with Gasteiger partial charge in [0.2, 0.25) is 0 Å². The highest BCUT2D eigenvalue weighted by Crippen LogP contribution is 2.20. The van der Waals surface area contributed by atoms with Gasteiger partial charge in [0.25, 0.3) is 0 Å². The van der Waals surface area contributed by atoms with E-state index in [0.717, 1.165) is 25.1 Å². The Morgan fingerprint density at radius 3 is 2.59 bits per heavy atom. The molecule has 1 saturated heterocycles. The van der Waals surface area contributed by atoms with E-state index in [1.54, 1.807) is 7.05 Å². The first-order valence-electron chi connectivity index (χ1n) is 7.89. The number of guanidine groups is 1. The second-order valence-electron chi connectivity index (χ2n) is 6.31. The molecule has 3 nitrogen and oxygen atoms in total. The predicted octanol–water partition coefficient (Wildman–Crippen LogP) is 3.06. The Morgan fingerprint density at radius 1 is 1.27 bits per heavy atom. The smallest absolute Gasteiger partial charge is 0.193 e. The second kappa shape index (κ2) is 7.56. The van der Waals surface area contributed by atoms with Gasteiger partial charge in [0.1, 0.15) is 11.6 Å². The van der Waals surface area contributed by atoms with Gasteiger partial charge >= 0.3 is 0 Å². The molecular formula is C17H25F2N3. The molecule has 0 bridgehead atoms. The molecule has 0 aromatic heterocycles. The van der Waals surface area contributed by atoms with Crippen molar-refractivity contribution in [2.75, 3.05) is 26.7 Å². The fourth-order valence-corrected chi connectivity index (χ4v) is 3.21. The van der Waals surface area contributed by atoms with E-state index in [2.05, 4.69) is 29.1 Å². The quantitative estimate of drug-likeness (QED) is 0.686. The Balaban J connectivity index is 1.90. The number of hydrogen-bond acceptors (Lipinski definition) is 1. The molecule has 5 heteroatoms. The van der Waals surface area contributed by atoms with E-state index < -0.39 is 5.82 Å². The number of piperidine rings is 1. The van der Waals surface area contributed by atoms with Crippen LogP contribution in [0.2, 0.25) is 0 Å². The van der Waals surface area contributed by atoms with Crippen molar-refractivity contribution in [3.63, 3.8) is 0 Å². The molecule has 0 spiro atoms. The SMILES string of the molecule is CN=C(NCCc1cc(F)ccc1F)N1CC(C)CC(C)C1. The van der Waals surface area contributed by atoms with Crippen LogP contribution in [0.4, 0.5) is 8.78 Å². The summed E-state index contributed by atoms with van der Waals surface area (Å²) >= 11 is 0. The van der Waals surface area contributed by atoms with Crippen LogP contribution in [0.5, 0.6) is 0 Å². The van der Waals surface area contributed by atoms with E-state index in [-0.39, 0.29) is 5.82 Å². The van der Waals surface area contributed by atoms with Crippen LogP contribution in [0.3, 0.4) is 0 Å². The maximum Gasteiger partial charge on any atom is 0.193 e. The number of benzene rings is 1. The summed E-state index contributed by atoms with van der Waals surface area (Å²) in [7, 11) is 1.76. The number of rotatable bonds is 3. The Bertz CT molecular complexity index is 521. The van der Waals surface area contributed by atoms with E-state index in [4.69, 9.17) is 0 Å². The van der Waals surface area contributed by atoms with Crippen LogP contribution in [-0.2, 0) is 6.42 Å². The van der Waals surface area contributed by atoms with Crippen LogP contribution in [0.15, 0.2) is 23.2 Å². The molecule has 1 aliphatic heterocycles. The van der Waals surface area contributed by atoms with Crippen molar-refractivity contribution in [3.05, 3.63) is 35.4 Å². The number of nitrogens with zero attached hydrogens (tertiary/aromatic N) is 2. The third-order valence-electron chi connectivity index (χ3n) is 4.07. The summed E-state index contributed by atoms with van der Waals surface area (Å²) < 4.78 is 26.8. The lowest BCUT2D eigenvalue weighted by Crippen LogP contribution is -2.48.